The van der Waals surface area contributed by atoms with Crippen molar-refractivity contribution in [3.05, 3.63) is 79.9 Å². The Morgan fingerprint density at radius 3 is 2.33 bits per heavy atom. The molecule has 0 fully saturated rings. The van der Waals surface area contributed by atoms with Gasteiger partial charge in [-0.05, 0) is 42.5 Å². The molecule has 1 heterocycles. The van der Waals surface area contributed by atoms with Crippen molar-refractivity contribution in [2.45, 2.75) is 4.90 Å². The number of nitrogens with one attached hydrogen (secondary N) is 1. The monoisotopic (exact) mass is 447 g/mol. The maximum atomic E-state index is 13.8. The maximum absolute atomic E-state index is 13.8. The van der Waals surface area contributed by atoms with E-state index in [1.165, 1.54) is 42.6 Å². The molecule has 0 bridgehead atoms. The minimum absolute atomic E-state index is 0.00584. The van der Waals surface area contributed by atoms with Crippen molar-refractivity contribution in [1.82, 2.24) is 9.78 Å². The summed E-state index contributed by atoms with van der Waals surface area (Å²) in [7, 11) is -4.06. The molecule has 1 aromatic heterocycles. The van der Waals surface area contributed by atoms with E-state index in [1.807, 2.05) is 0 Å². The summed E-state index contributed by atoms with van der Waals surface area (Å²) in [5.41, 5.74) is -0.623. The Labute approximate surface area is 168 Å². The molecule has 2 aromatic carbocycles. The van der Waals surface area contributed by atoms with Gasteiger partial charge < -0.3 is 0 Å². The van der Waals surface area contributed by atoms with E-state index < -0.39 is 21.4 Å². The lowest BCUT2D eigenvalue weighted by Crippen LogP contribution is -2.21. The van der Waals surface area contributed by atoms with E-state index >= 15 is 0 Å². The highest BCUT2D eigenvalue weighted by Crippen LogP contribution is 2.23. The van der Waals surface area contributed by atoms with Crippen molar-refractivity contribution in [2.75, 3.05) is 4.72 Å². The molecule has 0 radical (unpaired) electrons. The van der Waals surface area contributed by atoms with Gasteiger partial charge >= 0.3 is 0 Å². The number of sulfonamides is 1. The molecule has 140 valence electrons. The van der Waals surface area contributed by atoms with Crippen LogP contribution in [-0.4, -0.2) is 18.2 Å². The fourth-order valence-corrected chi connectivity index (χ4v) is 3.62. The molecule has 3 aromatic rings. The Morgan fingerprint density at radius 1 is 1.04 bits per heavy atom. The number of hydrogen-bond acceptors (Lipinski definition) is 4. The summed E-state index contributed by atoms with van der Waals surface area (Å²) in [5, 5.41) is 3.79. The quantitative estimate of drug-likeness (QED) is 0.651. The second-order valence-electron chi connectivity index (χ2n) is 5.25. The highest BCUT2D eigenvalue weighted by molar-refractivity contribution is 7.92. The lowest BCUT2D eigenvalue weighted by Gasteiger charge is -2.10. The number of hydrogen-bond donors (Lipinski definition) is 1. The Morgan fingerprint density at radius 2 is 1.70 bits per heavy atom. The van der Waals surface area contributed by atoms with Crippen LogP contribution in [0.2, 0.25) is 15.1 Å². The van der Waals surface area contributed by atoms with Gasteiger partial charge in [-0.25, -0.2) is 12.8 Å². The summed E-state index contributed by atoms with van der Waals surface area (Å²) < 4.78 is 41.8. The number of aromatic nitrogens is 2. The zero-order valence-electron chi connectivity index (χ0n) is 13.2. The third-order valence-corrected chi connectivity index (χ3v) is 5.81. The number of anilines is 1. The second-order valence-corrected chi connectivity index (χ2v) is 8.15. The molecular weight excluding hydrogens is 440 g/mol. The summed E-state index contributed by atoms with van der Waals surface area (Å²) >= 11 is 17.2. The van der Waals surface area contributed by atoms with E-state index in [1.54, 1.807) is 0 Å². The van der Waals surface area contributed by atoms with Crippen molar-refractivity contribution < 1.29 is 12.8 Å². The lowest BCUT2D eigenvalue weighted by atomic mass is 10.3. The fourth-order valence-electron chi connectivity index (χ4n) is 2.14. The molecule has 6 nitrogen and oxygen atoms in total. The van der Waals surface area contributed by atoms with Gasteiger partial charge in [-0.2, -0.15) is 9.78 Å². The van der Waals surface area contributed by atoms with Gasteiger partial charge in [0.05, 0.1) is 27.5 Å². The standard InChI is InChI=1S/C16H9Cl3FN3O3S/c17-9-1-6-14(13(20)7-9)22-27(25,26)11-4-2-10(3-5-11)23-16(24)15(19)12(18)8-21-23/h1-8,22H. The largest absolute Gasteiger partial charge is 0.291 e. The van der Waals surface area contributed by atoms with Crippen LogP contribution < -0.4 is 10.3 Å². The van der Waals surface area contributed by atoms with Crippen LogP contribution in [0.25, 0.3) is 5.69 Å². The minimum Gasteiger partial charge on any atom is -0.277 e. The van der Waals surface area contributed by atoms with E-state index in [9.17, 15) is 17.6 Å². The molecule has 3 rings (SSSR count). The van der Waals surface area contributed by atoms with Gasteiger partial charge in [0, 0.05) is 5.02 Å². The lowest BCUT2D eigenvalue weighted by molar-refractivity contribution is 0.598. The topological polar surface area (TPSA) is 81.1 Å². The SMILES string of the molecule is O=c1c(Cl)c(Cl)cnn1-c1ccc(S(=O)(=O)Nc2ccc(Cl)cc2F)cc1. The van der Waals surface area contributed by atoms with Crippen molar-refractivity contribution in [3.8, 4) is 5.69 Å². The van der Waals surface area contributed by atoms with E-state index in [2.05, 4.69) is 9.82 Å². The molecule has 0 aliphatic carbocycles. The average Bonchev–Trinajstić information content (AvgIpc) is 2.62. The first-order chi connectivity index (χ1) is 12.7. The number of benzene rings is 2. The Kier molecular flexibility index (Phi) is 5.43. The molecule has 0 aliphatic heterocycles. The van der Waals surface area contributed by atoms with Crippen LogP contribution in [0.4, 0.5) is 10.1 Å². The van der Waals surface area contributed by atoms with Gasteiger partial charge in [-0.3, -0.25) is 9.52 Å². The Hall–Kier alpha value is -2.13. The highest BCUT2D eigenvalue weighted by Gasteiger charge is 2.17. The Balaban J connectivity index is 1.93. The summed E-state index contributed by atoms with van der Waals surface area (Å²) in [6.07, 6.45) is 1.20. The number of rotatable bonds is 4. The van der Waals surface area contributed by atoms with Crippen LogP contribution in [0.1, 0.15) is 0 Å². The van der Waals surface area contributed by atoms with Crippen molar-refractivity contribution >= 4 is 50.5 Å². The van der Waals surface area contributed by atoms with E-state index in [0.717, 1.165) is 10.7 Å². The predicted octanol–water partition coefficient (Wildman–Crippen LogP) is 4.13. The van der Waals surface area contributed by atoms with E-state index in [0.29, 0.717) is 0 Å². The van der Waals surface area contributed by atoms with E-state index in [-0.39, 0.29) is 31.3 Å². The first-order valence-electron chi connectivity index (χ1n) is 7.21. The van der Waals surface area contributed by atoms with Crippen molar-refractivity contribution in [3.63, 3.8) is 0 Å². The van der Waals surface area contributed by atoms with Gasteiger partial charge in [0.2, 0.25) is 0 Å². The van der Waals surface area contributed by atoms with Crippen molar-refractivity contribution in [2.24, 2.45) is 0 Å². The van der Waals surface area contributed by atoms with Crippen molar-refractivity contribution in [1.29, 1.82) is 0 Å². The molecule has 0 atom stereocenters. The molecule has 0 saturated carbocycles. The van der Waals surface area contributed by atoms with Gasteiger partial charge in [0.25, 0.3) is 15.6 Å². The van der Waals surface area contributed by atoms with Gasteiger partial charge in [-0.1, -0.05) is 34.8 Å². The molecule has 0 amide bonds. The zero-order chi connectivity index (χ0) is 19.8. The minimum atomic E-state index is -4.06. The molecule has 0 unspecified atom stereocenters. The second kappa shape index (κ2) is 7.47. The summed E-state index contributed by atoms with van der Waals surface area (Å²) in [5.74, 6) is -0.811. The average molecular weight is 449 g/mol. The third-order valence-electron chi connectivity index (χ3n) is 3.44. The third kappa shape index (κ3) is 4.08. The smallest absolute Gasteiger partial charge is 0.277 e. The molecule has 0 spiro atoms. The normalized spacial score (nSPS) is 11.4. The predicted molar refractivity (Wildman–Crippen MR) is 102 cm³/mol. The fraction of sp³-hybridized carbons (Fsp3) is 0. The zero-order valence-corrected chi connectivity index (χ0v) is 16.2. The van der Waals surface area contributed by atoms with E-state index in [4.69, 9.17) is 34.8 Å². The van der Waals surface area contributed by atoms with Crippen LogP contribution in [-0.2, 0) is 10.0 Å². The molecule has 0 aliphatic rings. The summed E-state index contributed by atoms with van der Waals surface area (Å²) in [6, 6.07) is 8.74. The van der Waals surface area contributed by atoms with Crippen LogP contribution in [0.5, 0.6) is 0 Å². The van der Waals surface area contributed by atoms with Gasteiger partial charge in [0.15, 0.2) is 0 Å². The van der Waals surface area contributed by atoms with Crippen LogP contribution in [0.3, 0.4) is 0 Å². The molecule has 0 saturated heterocycles. The van der Waals surface area contributed by atoms with Crippen LogP contribution >= 0.6 is 34.8 Å². The van der Waals surface area contributed by atoms with Crippen LogP contribution in [0.15, 0.2) is 58.4 Å². The first kappa shape index (κ1) is 19.6. The van der Waals surface area contributed by atoms with Gasteiger partial charge in [0.1, 0.15) is 10.8 Å². The van der Waals surface area contributed by atoms with Crippen LogP contribution in [0, 0.1) is 5.82 Å². The molecular formula is C16H9Cl3FN3O3S. The molecule has 11 heteroatoms. The summed E-state index contributed by atoms with van der Waals surface area (Å²) in [6.45, 7) is 0. The highest BCUT2D eigenvalue weighted by atomic mass is 35.5. The van der Waals surface area contributed by atoms with Gasteiger partial charge in [-0.15, -0.1) is 0 Å². The Bertz CT molecular complexity index is 1180. The molecule has 1 N–H and O–H groups in total. The molecule has 27 heavy (non-hydrogen) atoms. The summed E-state index contributed by atoms with van der Waals surface area (Å²) in [4.78, 5) is 11.9. The number of halogens is 4. The number of nitrogens with zero attached hydrogens (tertiary/aromatic N) is 2. The maximum Gasteiger partial charge on any atom is 0.291 e. The first-order valence-corrected chi connectivity index (χ1v) is 9.82.